The van der Waals surface area contributed by atoms with Gasteiger partial charge in [-0.3, -0.25) is 9.59 Å². The van der Waals surface area contributed by atoms with E-state index in [4.69, 9.17) is 9.47 Å². The number of ether oxygens (including phenoxy) is 2. The van der Waals surface area contributed by atoms with E-state index in [1.165, 1.54) is 167 Å². The predicted molar refractivity (Wildman–Crippen MR) is 201 cm³/mol. The average molecular weight is 665 g/mol. The van der Waals surface area contributed by atoms with Gasteiger partial charge in [0.1, 0.15) is 6.61 Å². The second-order valence-corrected chi connectivity index (χ2v) is 14.1. The highest BCUT2D eigenvalue weighted by atomic mass is 16.6. The van der Waals surface area contributed by atoms with Crippen molar-refractivity contribution in [2.24, 2.45) is 0 Å². The zero-order valence-corrected chi connectivity index (χ0v) is 31.6. The molecule has 0 aromatic heterocycles. The van der Waals surface area contributed by atoms with Gasteiger partial charge in [-0.2, -0.15) is 0 Å². The SMILES string of the molecule is CCCCCCCC/C=C\CCCCCCCCCC(=O)O[C@@H](CO)COC(=O)CCCCCCCCCCCCCCCCCC. The zero-order valence-electron chi connectivity index (χ0n) is 31.6. The van der Waals surface area contributed by atoms with Crippen molar-refractivity contribution in [2.45, 2.75) is 232 Å². The fourth-order valence-corrected chi connectivity index (χ4v) is 6.14. The first-order valence-electron chi connectivity index (χ1n) is 20.7. The summed E-state index contributed by atoms with van der Waals surface area (Å²) >= 11 is 0. The molecule has 0 heterocycles. The summed E-state index contributed by atoms with van der Waals surface area (Å²) in [5, 5.41) is 9.56. The van der Waals surface area contributed by atoms with Crippen LogP contribution in [-0.4, -0.2) is 36.4 Å². The summed E-state index contributed by atoms with van der Waals surface area (Å²) in [7, 11) is 0. The highest BCUT2D eigenvalue weighted by Gasteiger charge is 2.16. The summed E-state index contributed by atoms with van der Waals surface area (Å²) in [6.07, 6.45) is 44.1. The highest BCUT2D eigenvalue weighted by molar-refractivity contribution is 5.70. The number of aliphatic hydroxyl groups is 1. The molecule has 0 rings (SSSR count). The Balaban J connectivity index is 3.51. The summed E-state index contributed by atoms with van der Waals surface area (Å²) in [5.41, 5.74) is 0. The van der Waals surface area contributed by atoms with Crippen molar-refractivity contribution in [1.29, 1.82) is 0 Å². The lowest BCUT2D eigenvalue weighted by Crippen LogP contribution is -2.28. The van der Waals surface area contributed by atoms with Crippen LogP contribution in [0.25, 0.3) is 0 Å². The molecule has 0 saturated carbocycles. The van der Waals surface area contributed by atoms with E-state index < -0.39 is 6.10 Å². The molecule has 1 N–H and O–H groups in total. The fraction of sp³-hybridized carbons (Fsp3) is 0.905. The molecule has 0 unspecified atom stereocenters. The van der Waals surface area contributed by atoms with E-state index in [-0.39, 0.29) is 25.2 Å². The Morgan fingerprint density at radius 1 is 0.468 bits per heavy atom. The van der Waals surface area contributed by atoms with Crippen LogP contribution >= 0.6 is 0 Å². The summed E-state index contributed by atoms with van der Waals surface area (Å²) in [6, 6.07) is 0. The van der Waals surface area contributed by atoms with Crippen molar-refractivity contribution in [1.82, 2.24) is 0 Å². The Kier molecular flexibility index (Phi) is 38.0. The molecule has 0 aliphatic heterocycles. The fourth-order valence-electron chi connectivity index (χ4n) is 6.14. The van der Waals surface area contributed by atoms with E-state index in [2.05, 4.69) is 26.0 Å². The van der Waals surface area contributed by atoms with E-state index in [1.54, 1.807) is 0 Å². The molecular formula is C42H80O5. The summed E-state index contributed by atoms with van der Waals surface area (Å²) < 4.78 is 10.6. The Bertz CT molecular complexity index is 676. The number of aliphatic hydroxyl groups excluding tert-OH is 1. The van der Waals surface area contributed by atoms with E-state index in [1.807, 2.05) is 0 Å². The molecule has 0 saturated heterocycles. The van der Waals surface area contributed by atoms with Crippen molar-refractivity contribution >= 4 is 11.9 Å². The standard InChI is InChI=1S/C42H80O5/c1-3-5-7-9-11-13-15-17-19-21-23-25-27-29-31-33-35-37-42(45)47-40(38-43)39-46-41(44)36-34-32-30-28-26-24-22-20-18-16-14-12-10-8-6-4-2/h17,19,40,43H,3-16,18,20-39H2,1-2H3/b19-17-/t40-/m0/s1. The van der Waals surface area contributed by atoms with Crippen LogP contribution in [0.5, 0.6) is 0 Å². The average Bonchev–Trinajstić information content (AvgIpc) is 3.07. The lowest BCUT2D eigenvalue weighted by molar-refractivity contribution is -0.161. The van der Waals surface area contributed by atoms with Crippen LogP contribution in [0, 0.1) is 0 Å². The van der Waals surface area contributed by atoms with Gasteiger partial charge in [-0.05, 0) is 38.5 Å². The third kappa shape index (κ3) is 37.3. The van der Waals surface area contributed by atoms with Gasteiger partial charge in [0.15, 0.2) is 6.10 Å². The predicted octanol–water partition coefficient (Wildman–Crippen LogP) is 12.9. The van der Waals surface area contributed by atoms with Gasteiger partial charge in [0.25, 0.3) is 0 Å². The molecule has 5 heteroatoms. The van der Waals surface area contributed by atoms with E-state index >= 15 is 0 Å². The first-order valence-corrected chi connectivity index (χ1v) is 20.7. The van der Waals surface area contributed by atoms with Crippen LogP contribution in [0.4, 0.5) is 0 Å². The first-order chi connectivity index (χ1) is 23.1. The van der Waals surface area contributed by atoms with Crippen molar-refractivity contribution in [2.75, 3.05) is 13.2 Å². The number of carbonyl (C=O) groups is 2. The lowest BCUT2D eigenvalue weighted by Gasteiger charge is -2.15. The van der Waals surface area contributed by atoms with Gasteiger partial charge < -0.3 is 14.6 Å². The Morgan fingerprint density at radius 3 is 1.15 bits per heavy atom. The maximum atomic E-state index is 12.2. The minimum atomic E-state index is -0.767. The second-order valence-electron chi connectivity index (χ2n) is 14.1. The van der Waals surface area contributed by atoms with Crippen molar-refractivity contribution < 1.29 is 24.2 Å². The monoisotopic (exact) mass is 665 g/mol. The van der Waals surface area contributed by atoms with Gasteiger partial charge in [-0.15, -0.1) is 0 Å². The van der Waals surface area contributed by atoms with Crippen LogP contribution in [0.1, 0.15) is 226 Å². The van der Waals surface area contributed by atoms with Gasteiger partial charge in [0.2, 0.25) is 0 Å². The minimum Gasteiger partial charge on any atom is -0.462 e. The number of allylic oxidation sites excluding steroid dienone is 2. The van der Waals surface area contributed by atoms with E-state index in [0.717, 1.165) is 32.1 Å². The van der Waals surface area contributed by atoms with E-state index in [0.29, 0.717) is 12.8 Å². The van der Waals surface area contributed by atoms with Gasteiger partial charge >= 0.3 is 11.9 Å². The molecule has 0 bridgehead atoms. The Labute approximate surface area is 292 Å². The van der Waals surface area contributed by atoms with Gasteiger partial charge in [0, 0.05) is 12.8 Å². The number of hydrogen-bond donors (Lipinski definition) is 1. The third-order valence-corrected chi connectivity index (χ3v) is 9.31. The molecule has 0 fully saturated rings. The smallest absolute Gasteiger partial charge is 0.306 e. The maximum absolute atomic E-state index is 12.2. The summed E-state index contributed by atoms with van der Waals surface area (Å²) in [5.74, 6) is -0.584. The Hall–Kier alpha value is -1.36. The number of unbranched alkanes of at least 4 members (excludes halogenated alkanes) is 28. The van der Waals surface area contributed by atoms with Crippen LogP contribution in [0.3, 0.4) is 0 Å². The first kappa shape index (κ1) is 45.6. The Morgan fingerprint density at radius 2 is 0.787 bits per heavy atom. The molecule has 278 valence electrons. The molecule has 0 radical (unpaired) electrons. The van der Waals surface area contributed by atoms with Crippen molar-refractivity contribution in [3.8, 4) is 0 Å². The lowest BCUT2D eigenvalue weighted by atomic mass is 10.0. The number of rotatable bonds is 38. The molecule has 0 spiro atoms. The molecular weight excluding hydrogens is 584 g/mol. The summed E-state index contributed by atoms with van der Waals surface area (Å²) in [4.78, 5) is 24.3. The largest absolute Gasteiger partial charge is 0.462 e. The van der Waals surface area contributed by atoms with Crippen molar-refractivity contribution in [3.05, 3.63) is 12.2 Å². The zero-order chi connectivity index (χ0) is 34.3. The van der Waals surface area contributed by atoms with E-state index in [9.17, 15) is 14.7 Å². The van der Waals surface area contributed by atoms with Gasteiger partial charge in [-0.1, -0.05) is 187 Å². The van der Waals surface area contributed by atoms with Gasteiger partial charge in [-0.25, -0.2) is 0 Å². The minimum absolute atomic E-state index is 0.0613. The molecule has 5 nitrogen and oxygen atoms in total. The molecule has 47 heavy (non-hydrogen) atoms. The summed E-state index contributed by atoms with van der Waals surface area (Å²) in [6.45, 7) is 4.15. The molecule has 1 atom stereocenters. The van der Waals surface area contributed by atoms with Crippen molar-refractivity contribution in [3.63, 3.8) is 0 Å². The van der Waals surface area contributed by atoms with Crippen LogP contribution in [0.15, 0.2) is 12.2 Å². The number of carbonyl (C=O) groups excluding carboxylic acids is 2. The highest BCUT2D eigenvalue weighted by Crippen LogP contribution is 2.15. The number of hydrogen-bond acceptors (Lipinski definition) is 5. The third-order valence-electron chi connectivity index (χ3n) is 9.31. The quantitative estimate of drug-likeness (QED) is 0.0404. The van der Waals surface area contributed by atoms with Crippen LogP contribution in [0.2, 0.25) is 0 Å². The maximum Gasteiger partial charge on any atom is 0.306 e. The normalized spacial score (nSPS) is 12.1. The molecule has 0 aliphatic carbocycles. The van der Waals surface area contributed by atoms with Gasteiger partial charge in [0.05, 0.1) is 6.61 Å². The van der Waals surface area contributed by atoms with Crippen LogP contribution < -0.4 is 0 Å². The molecule has 0 amide bonds. The molecule has 0 aliphatic rings. The molecule has 0 aromatic rings. The second kappa shape index (κ2) is 39.1. The topological polar surface area (TPSA) is 72.8 Å². The number of esters is 2. The molecule has 0 aromatic carbocycles. The van der Waals surface area contributed by atoms with Crippen LogP contribution in [-0.2, 0) is 19.1 Å².